The Bertz CT molecular complexity index is 777. The maximum atomic E-state index is 13.9. The number of anilines is 1. The third-order valence-electron chi connectivity index (χ3n) is 4.62. The summed E-state index contributed by atoms with van der Waals surface area (Å²) in [5, 5.41) is 5.04. The average molecular weight is 371 g/mol. The molecule has 6 nitrogen and oxygen atoms in total. The highest BCUT2D eigenvalue weighted by atomic mass is 19.1. The van der Waals surface area contributed by atoms with E-state index in [1.165, 1.54) is 6.07 Å². The molecule has 1 saturated heterocycles. The van der Waals surface area contributed by atoms with Gasteiger partial charge in [-0.25, -0.2) is 9.18 Å². The van der Waals surface area contributed by atoms with Crippen LogP contribution in [0.1, 0.15) is 5.56 Å². The Balaban J connectivity index is 1.39. The van der Waals surface area contributed by atoms with Gasteiger partial charge in [0.1, 0.15) is 5.82 Å². The largest absolute Gasteiger partial charge is 0.358 e. The molecule has 0 unspecified atom stereocenters. The highest BCUT2D eigenvalue weighted by Gasteiger charge is 2.24. The quantitative estimate of drug-likeness (QED) is 0.720. The lowest BCUT2D eigenvalue weighted by atomic mass is 10.2. The van der Waals surface area contributed by atoms with Crippen LogP contribution in [0.3, 0.4) is 0 Å². The molecule has 3 rings (SSSR count). The molecule has 1 fully saturated rings. The van der Waals surface area contributed by atoms with Crippen LogP contribution in [-0.2, 0) is 11.3 Å². The molecule has 0 spiro atoms. The highest BCUT2D eigenvalue weighted by Crippen LogP contribution is 2.17. The number of amides is 3. The van der Waals surface area contributed by atoms with Gasteiger partial charge in [-0.2, -0.15) is 0 Å². The van der Waals surface area contributed by atoms with Crippen LogP contribution < -0.4 is 20.4 Å². The van der Waals surface area contributed by atoms with Gasteiger partial charge in [0.25, 0.3) is 5.91 Å². The number of benzene rings is 2. The Morgan fingerprint density at radius 3 is 2.37 bits per heavy atom. The Morgan fingerprint density at radius 1 is 1.00 bits per heavy atom. The first kappa shape index (κ1) is 18.8. The van der Waals surface area contributed by atoms with E-state index >= 15 is 0 Å². The van der Waals surface area contributed by atoms with Crippen molar-refractivity contribution >= 4 is 17.6 Å². The van der Waals surface area contributed by atoms with Gasteiger partial charge >= 0.3 is 6.03 Å². The standard InChI is InChI=1S/C20H23FN4O2/c21-17-8-4-5-9-18(17)25-12-10-24(11-13-25)15-19(26)23-20(27)22-14-16-6-2-1-3-7-16/h1-9H,10-15H2,(H2,22,23,26,27)/p+1. The molecule has 0 aliphatic carbocycles. The van der Waals surface area contributed by atoms with Crippen molar-refractivity contribution in [2.24, 2.45) is 0 Å². The summed E-state index contributed by atoms with van der Waals surface area (Å²) in [4.78, 5) is 27.0. The molecule has 2 aromatic rings. The van der Waals surface area contributed by atoms with E-state index in [0.29, 0.717) is 38.4 Å². The van der Waals surface area contributed by atoms with Crippen molar-refractivity contribution in [3.8, 4) is 0 Å². The monoisotopic (exact) mass is 371 g/mol. The number of urea groups is 1. The van der Waals surface area contributed by atoms with Gasteiger partial charge in [0.15, 0.2) is 6.54 Å². The number of rotatable bonds is 5. The van der Waals surface area contributed by atoms with Gasteiger partial charge in [0.05, 0.1) is 31.9 Å². The van der Waals surface area contributed by atoms with E-state index in [9.17, 15) is 14.0 Å². The third-order valence-corrected chi connectivity index (χ3v) is 4.62. The van der Waals surface area contributed by atoms with Crippen LogP contribution in [0.15, 0.2) is 54.6 Å². The van der Waals surface area contributed by atoms with Gasteiger partial charge in [-0.3, -0.25) is 10.1 Å². The molecule has 2 aromatic carbocycles. The summed E-state index contributed by atoms with van der Waals surface area (Å²) >= 11 is 0. The Hall–Kier alpha value is -2.93. The molecular weight excluding hydrogens is 347 g/mol. The molecule has 0 radical (unpaired) electrons. The number of carbonyl (C=O) groups is 2. The van der Waals surface area contributed by atoms with Crippen LogP contribution in [0, 0.1) is 5.82 Å². The van der Waals surface area contributed by atoms with E-state index in [2.05, 4.69) is 10.6 Å². The first-order valence-electron chi connectivity index (χ1n) is 9.06. The number of nitrogens with zero attached hydrogens (tertiary/aromatic N) is 1. The van der Waals surface area contributed by atoms with Crippen LogP contribution >= 0.6 is 0 Å². The molecule has 27 heavy (non-hydrogen) atoms. The van der Waals surface area contributed by atoms with E-state index in [1.54, 1.807) is 12.1 Å². The first-order valence-corrected chi connectivity index (χ1v) is 9.06. The molecule has 0 aromatic heterocycles. The summed E-state index contributed by atoms with van der Waals surface area (Å²) < 4.78 is 13.9. The number of piperazine rings is 1. The van der Waals surface area contributed by atoms with Gasteiger partial charge in [0.2, 0.25) is 0 Å². The first-order chi connectivity index (χ1) is 13.1. The topological polar surface area (TPSA) is 65.9 Å². The fourth-order valence-corrected chi connectivity index (χ4v) is 3.17. The normalized spacial score (nSPS) is 14.6. The SMILES string of the molecule is O=C(C[NH+]1CCN(c2ccccc2F)CC1)NC(=O)NCc1ccccc1. The number of halogens is 1. The summed E-state index contributed by atoms with van der Waals surface area (Å²) in [5.74, 6) is -0.538. The van der Waals surface area contributed by atoms with E-state index in [-0.39, 0.29) is 18.3 Å². The van der Waals surface area contributed by atoms with Crippen LogP contribution in [0.5, 0.6) is 0 Å². The number of quaternary nitrogens is 1. The summed E-state index contributed by atoms with van der Waals surface area (Å²) in [6, 6.07) is 15.7. The summed E-state index contributed by atoms with van der Waals surface area (Å²) in [5.41, 5.74) is 1.57. The van der Waals surface area contributed by atoms with Crippen molar-refractivity contribution in [2.75, 3.05) is 37.6 Å². The molecule has 7 heteroatoms. The predicted octanol–water partition coefficient (Wildman–Crippen LogP) is 0.557. The second-order valence-electron chi connectivity index (χ2n) is 6.58. The fourth-order valence-electron chi connectivity index (χ4n) is 3.17. The molecule has 142 valence electrons. The highest BCUT2D eigenvalue weighted by molar-refractivity contribution is 5.94. The second kappa shape index (κ2) is 9.14. The minimum atomic E-state index is -0.492. The molecule has 0 bridgehead atoms. The fraction of sp³-hybridized carbons (Fsp3) is 0.300. The minimum absolute atomic E-state index is 0.226. The summed E-state index contributed by atoms with van der Waals surface area (Å²) in [6.07, 6.45) is 0. The Morgan fingerprint density at radius 2 is 1.67 bits per heavy atom. The van der Waals surface area contributed by atoms with E-state index < -0.39 is 6.03 Å². The van der Waals surface area contributed by atoms with Gasteiger partial charge in [-0.05, 0) is 17.7 Å². The number of carbonyl (C=O) groups excluding carboxylic acids is 2. The minimum Gasteiger partial charge on any atom is -0.358 e. The van der Waals surface area contributed by atoms with Crippen molar-refractivity contribution in [3.63, 3.8) is 0 Å². The number of nitrogens with one attached hydrogen (secondary N) is 3. The van der Waals surface area contributed by atoms with Crippen LogP contribution in [0.4, 0.5) is 14.9 Å². The predicted molar refractivity (Wildman–Crippen MR) is 101 cm³/mol. The molecule has 3 amide bonds. The maximum Gasteiger partial charge on any atom is 0.321 e. The van der Waals surface area contributed by atoms with Crippen molar-refractivity contribution < 1.29 is 18.9 Å². The number of hydrogen-bond acceptors (Lipinski definition) is 3. The van der Waals surface area contributed by atoms with Gasteiger partial charge in [0, 0.05) is 6.54 Å². The maximum absolute atomic E-state index is 13.9. The molecule has 3 N–H and O–H groups in total. The summed E-state index contributed by atoms with van der Waals surface area (Å²) in [6.45, 7) is 3.37. The van der Waals surface area contributed by atoms with Crippen molar-refractivity contribution in [1.29, 1.82) is 0 Å². The third kappa shape index (κ3) is 5.52. The molecule has 0 saturated carbocycles. The van der Waals surface area contributed by atoms with E-state index in [0.717, 1.165) is 10.5 Å². The Labute approximate surface area is 158 Å². The van der Waals surface area contributed by atoms with Gasteiger partial charge in [-0.15, -0.1) is 0 Å². The van der Waals surface area contributed by atoms with Crippen molar-refractivity contribution in [1.82, 2.24) is 10.6 Å². The van der Waals surface area contributed by atoms with Crippen molar-refractivity contribution in [2.45, 2.75) is 6.54 Å². The molecule has 1 aliphatic heterocycles. The molecule has 1 heterocycles. The molecule has 0 atom stereocenters. The molecular formula is C20H24FN4O2+. The molecule has 1 aliphatic rings. The lowest BCUT2D eigenvalue weighted by molar-refractivity contribution is -0.892. The lowest BCUT2D eigenvalue weighted by Crippen LogP contribution is -3.16. The second-order valence-corrected chi connectivity index (χ2v) is 6.58. The lowest BCUT2D eigenvalue weighted by Gasteiger charge is -2.33. The zero-order valence-corrected chi connectivity index (χ0v) is 15.1. The zero-order valence-electron chi connectivity index (χ0n) is 15.1. The number of para-hydroxylation sites is 1. The van der Waals surface area contributed by atoms with E-state index in [4.69, 9.17) is 0 Å². The van der Waals surface area contributed by atoms with Crippen LogP contribution in [0.25, 0.3) is 0 Å². The van der Waals surface area contributed by atoms with Gasteiger partial charge in [-0.1, -0.05) is 42.5 Å². The average Bonchev–Trinajstić information content (AvgIpc) is 2.68. The van der Waals surface area contributed by atoms with Crippen molar-refractivity contribution in [3.05, 3.63) is 66.0 Å². The van der Waals surface area contributed by atoms with Crippen LogP contribution in [-0.4, -0.2) is 44.7 Å². The smallest absolute Gasteiger partial charge is 0.321 e. The Kier molecular flexibility index (Phi) is 6.38. The van der Waals surface area contributed by atoms with Crippen LogP contribution in [0.2, 0.25) is 0 Å². The zero-order chi connectivity index (χ0) is 19.1. The number of imide groups is 1. The summed E-state index contributed by atoms with van der Waals surface area (Å²) in [7, 11) is 0. The number of hydrogen-bond donors (Lipinski definition) is 3. The van der Waals surface area contributed by atoms with Gasteiger partial charge < -0.3 is 15.1 Å². The van der Waals surface area contributed by atoms with E-state index in [1.807, 2.05) is 41.3 Å².